The highest BCUT2D eigenvalue weighted by molar-refractivity contribution is 5.79. The van der Waals surface area contributed by atoms with E-state index in [1.165, 1.54) is 58.2 Å². The minimum Gasteiger partial charge on any atom is -0.356 e. The lowest BCUT2D eigenvalue weighted by molar-refractivity contribution is 0.189. The van der Waals surface area contributed by atoms with Crippen molar-refractivity contribution in [2.45, 2.75) is 52.4 Å². The van der Waals surface area contributed by atoms with E-state index in [9.17, 15) is 0 Å². The fourth-order valence-corrected chi connectivity index (χ4v) is 2.56. The predicted molar refractivity (Wildman–Crippen MR) is 88.3 cm³/mol. The third-order valence-corrected chi connectivity index (χ3v) is 4.12. The number of rotatable bonds is 8. The van der Waals surface area contributed by atoms with Crippen LogP contribution in [0.5, 0.6) is 0 Å². The van der Waals surface area contributed by atoms with Crippen LogP contribution in [0.2, 0.25) is 0 Å². The number of nitrogens with one attached hydrogen (secondary N) is 2. The van der Waals surface area contributed by atoms with Crippen molar-refractivity contribution in [2.75, 3.05) is 39.8 Å². The van der Waals surface area contributed by atoms with Gasteiger partial charge in [-0.3, -0.25) is 4.99 Å². The fourth-order valence-electron chi connectivity index (χ4n) is 2.56. The Morgan fingerprint density at radius 2 is 1.75 bits per heavy atom. The van der Waals surface area contributed by atoms with E-state index in [0.717, 1.165) is 25.0 Å². The number of hydrogen-bond acceptors (Lipinski definition) is 2. The maximum Gasteiger partial charge on any atom is 0.190 e. The van der Waals surface area contributed by atoms with Crippen molar-refractivity contribution in [3.8, 4) is 0 Å². The van der Waals surface area contributed by atoms with Gasteiger partial charge in [0.1, 0.15) is 0 Å². The van der Waals surface area contributed by atoms with Crippen LogP contribution < -0.4 is 10.6 Å². The van der Waals surface area contributed by atoms with E-state index in [-0.39, 0.29) is 0 Å². The van der Waals surface area contributed by atoms with E-state index in [4.69, 9.17) is 0 Å². The molecule has 0 radical (unpaired) electrons. The summed E-state index contributed by atoms with van der Waals surface area (Å²) in [5, 5.41) is 6.74. The Balaban J connectivity index is 1.98. The van der Waals surface area contributed by atoms with Gasteiger partial charge in [-0.2, -0.15) is 0 Å². The Morgan fingerprint density at radius 1 is 1.10 bits per heavy atom. The Bertz CT molecular complexity index is 257. The molecule has 1 rings (SSSR count). The highest BCUT2D eigenvalue weighted by atomic mass is 15.2. The number of unbranched alkanes of at least 4 members (excludes halogenated alkanes) is 2. The number of hydrogen-bond donors (Lipinski definition) is 2. The molecule has 0 aromatic heterocycles. The zero-order chi connectivity index (χ0) is 14.6. The minimum atomic E-state index is 0.936. The molecule has 1 aliphatic rings. The first-order valence-corrected chi connectivity index (χ1v) is 8.43. The number of guanidine groups is 1. The molecule has 0 aliphatic carbocycles. The maximum atomic E-state index is 4.24. The van der Waals surface area contributed by atoms with Gasteiger partial charge in [0.25, 0.3) is 0 Å². The highest BCUT2D eigenvalue weighted by Gasteiger charge is 2.14. The van der Waals surface area contributed by atoms with Crippen LogP contribution in [0.25, 0.3) is 0 Å². The van der Waals surface area contributed by atoms with Gasteiger partial charge in [0.05, 0.1) is 0 Å². The van der Waals surface area contributed by atoms with Gasteiger partial charge in [0.2, 0.25) is 0 Å². The molecule has 1 saturated heterocycles. The van der Waals surface area contributed by atoms with Crippen molar-refractivity contribution in [1.82, 2.24) is 15.5 Å². The first-order valence-electron chi connectivity index (χ1n) is 8.43. The summed E-state index contributed by atoms with van der Waals surface area (Å²) < 4.78 is 0. The molecule has 4 heteroatoms. The molecule has 0 bridgehead atoms. The summed E-state index contributed by atoms with van der Waals surface area (Å²) in [5.74, 6) is 1.88. The molecule has 0 spiro atoms. The topological polar surface area (TPSA) is 39.7 Å². The number of likely N-dealkylation sites (tertiary alicyclic amines) is 1. The van der Waals surface area contributed by atoms with Crippen LogP contribution in [-0.2, 0) is 0 Å². The predicted octanol–water partition coefficient (Wildman–Crippen LogP) is 2.46. The summed E-state index contributed by atoms with van der Waals surface area (Å²) in [4.78, 5) is 6.86. The molecular weight excluding hydrogens is 248 g/mol. The summed E-state index contributed by atoms with van der Waals surface area (Å²) in [7, 11) is 1.84. The van der Waals surface area contributed by atoms with E-state index in [1.807, 2.05) is 7.05 Å². The van der Waals surface area contributed by atoms with Gasteiger partial charge in [0, 0.05) is 20.1 Å². The second-order valence-corrected chi connectivity index (χ2v) is 6.01. The largest absolute Gasteiger partial charge is 0.356 e. The SMILES string of the molecule is CCCCNC(=NC)NCCCCN1CCC(C)CC1. The molecule has 20 heavy (non-hydrogen) atoms. The zero-order valence-corrected chi connectivity index (χ0v) is 13.7. The van der Waals surface area contributed by atoms with Gasteiger partial charge >= 0.3 is 0 Å². The van der Waals surface area contributed by atoms with Crippen molar-refractivity contribution in [2.24, 2.45) is 10.9 Å². The van der Waals surface area contributed by atoms with Crippen LogP contribution in [0.15, 0.2) is 4.99 Å². The molecule has 0 saturated carbocycles. The average Bonchev–Trinajstić information content (AvgIpc) is 2.47. The Labute approximate surface area is 125 Å². The van der Waals surface area contributed by atoms with Crippen molar-refractivity contribution in [1.29, 1.82) is 0 Å². The molecule has 1 aliphatic heterocycles. The third-order valence-electron chi connectivity index (χ3n) is 4.12. The quantitative estimate of drug-likeness (QED) is 0.408. The first kappa shape index (κ1) is 17.3. The normalized spacial score (nSPS) is 18.2. The second-order valence-electron chi connectivity index (χ2n) is 6.01. The summed E-state index contributed by atoms with van der Waals surface area (Å²) in [6, 6.07) is 0. The van der Waals surface area contributed by atoms with E-state index in [1.54, 1.807) is 0 Å². The van der Waals surface area contributed by atoms with E-state index in [0.29, 0.717) is 0 Å². The van der Waals surface area contributed by atoms with Gasteiger partial charge in [-0.15, -0.1) is 0 Å². The molecule has 118 valence electrons. The van der Waals surface area contributed by atoms with Crippen molar-refractivity contribution in [3.63, 3.8) is 0 Å². The van der Waals surface area contributed by atoms with E-state index < -0.39 is 0 Å². The van der Waals surface area contributed by atoms with Crippen LogP contribution in [-0.4, -0.2) is 50.6 Å². The minimum absolute atomic E-state index is 0.936. The lowest BCUT2D eigenvalue weighted by atomic mass is 9.99. The summed E-state index contributed by atoms with van der Waals surface area (Å²) >= 11 is 0. The number of nitrogens with zero attached hydrogens (tertiary/aromatic N) is 2. The first-order chi connectivity index (χ1) is 9.76. The monoisotopic (exact) mass is 282 g/mol. The van der Waals surface area contributed by atoms with Gasteiger partial charge in [-0.25, -0.2) is 0 Å². The van der Waals surface area contributed by atoms with Gasteiger partial charge < -0.3 is 15.5 Å². The third kappa shape index (κ3) is 7.73. The van der Waals surface area contributed by atoms with Crippen LogP contribution in [0.4, 0.5) is 0 Å². The molecule has 0 atom stereocenters. The molecule has 2 N–H and O–H groups in total. The molecule has 0 unspecified atom stereocenters. The van der Waals surface area contributed by atoms with Crippen LogP contribution in [0.3, 0.4) is 0 Å². The smallest absolute Gasteiger partial charge is 0.190 e. The van der Waals surface area contributed by atoms with Crippen LogP contribution >= 0.6 is 0 Å². The Hall–Kier alpha value is -0.770. The second kappa shape index (κ2) is 11.0. The maximum absolute atomic E-state index is 4.24. The standard InChI is InChI=1S/C16H34N4/c1-4-5-10-18-16(17-3)19-11-6-7-12-20-13-8-15(2)9-14-20/h15H,4-14H2,1-3H3,(H2,17,18,19). The van der Waals surface area contributed by atoms with E-state index >= 15 is 0 Å². The van der Waals surface area contributed by atoms with Gasteiger partial charge in [-0.1, -0.05) is 20.3 Å². The summed E-state index contributed by atoms with van der Waals surface area (Å²) in [5.41, 5.74) is 0. The lowest BCUT2D eigenvalue weighted by Gasteiger charge is -2.30. The number of piperidine rings is 1. The zero-order valence-electron chi connectivity index (χ0n) is 13.7. The van der Waals surface area contributed by atoms with Crippen molar-refractivity contribution in [3.05, 3.63) is 0 Å². The van der Waals surface area contributed by atoms with Gasteiger partial charge in [0.15, 0.2) is 5.96 Å². The lowest BCUT2D eigenvalue weighted by Crippen LogP contribution is -2.38. The van der Waals surface area contributed by atoms with Gasteiger partial charge in [-0.05, 0) is 57.7 Å². The summed E-state index contributed by atoms with van der Waals surface area (Å²) in [6.07, 6.45) is 7.69. The van der Waals surface area contributed by atoms with Crippen LogP contribution in [0, 0.1) is 5.92 Å². The molecule has 0 aromatic rings. The van der Waals surface area contributed by atoms with E-state index in [2.05, 4.69) is 34.4 Å². The molecule has 4 nitrogen and oxygen atoms in total. The molecule has 0 amide bonds. The molecule has 1 fully saturated rings. The summed E-state index contributed by atoms with van der Waals surface area (Å²) in [6.45, 7) is 10.5. The fraction of sp³-hybridized carbons (Fsp3) is 0.938. The highest BCUT2D eigenvalue weighted by Crippen LogP contribution is 2.15. The van der Waals surface area contributed by atoms with Crippen molar-refractivity contribution >= 4 is 5.96 Å². The molecule has 1 heterocycles. The van der Waals surface area contributed by atoms with Crippen molar-refractivity contribution < 1.29 is 0 Å². The Kier molecular flexibility index (Phi) is 9.46. The average molecular weight is 282 g/mol. The number of aliphatic imine (C=N–C) groups is 1. The Morgan fingerprint density at radius 3 is 2.35 bits per heavy atom. The molecule has 0 aromatic carbocycles. The van der Waals surface area contributed by atoms with Crippen LogP contribution in [0.1, 0.15) is 52.4 Å². The molecular formula is C16H34N4.